The number of nitrogens with zero attached hydrogens (tertiary/aromatic N) is 2. The summed E-state index contributed by atoms with van der Waals surface area (Å²) in [6.07, 6.45) is 1.43. The van der Waals surface area contributed by atoms with Crippen molar-refractivity contribution in [2.45, 2.75) is 19.4 Å². The second-order valence-corrected chi connectivity index (χ2v) is 6.15. The van der Waals surface area contributed by atoms with E-state index in [1.807, 2.05) is 36.4 Å². The highest BCUT2D eigenvalue weighted by Gasteiger charge is 2.20. The fourth-order valence-electron chi connectivity index (χ4n) is 3.05. The lowest BCUT2D eigenvalue weighted by molar-refractivity contribution is -0.384. The zero-order chi connectivity index (χ0) is 18.4. The minimum Gasteiger partial charge on any atom is -0.445 e. The van der Waals surface area contributed by atoms with Gasteiger partial charge in [0.15, 0.2) is 0 Å². The van der Waals surface area contributed by atoms with Gasteiger partial charge in [-0.3, -0.25) is 10.1 Å². The van der Waals surface area contributed by atoms with Crippen LogP contribution < -0.4 is 10.2 Å². The Morgan fingerprint density at radius 1 is 1.23 bits per heavy atom. The van der Waals surface area contributed by atoms with Crippen LogP contribution in [0.2, 0.25) is 0 Å². The maximum Gasteiger partial charge on any atom is 0.407 e. The number of hydrogen-bond acceptors (Lipinski definition) is 5. The van der Waals surface area contributed by atoms with Crippen LogP contribution >= 0.6 is 0 Å². The average molecular weight is 355 g/mol. The maximum atomic E-state index is 11.8. The number of rotatable bonds is 6. The van der Waals surface area contributed by atoms with E-state index in [4.69, 9.17) is 4.74 Å². The van der Waals surface area contributed by atoms with Crippen LogP contribution in [-0.2, 0) is 17.8 Å². The Bertz CT molecular complexity index is 780. The Labute approximate surface area is 151 Å². The van der Waals surface area contributed by atoms with Gasteiger partial charge in [0, 0.05) is 37.5 Å². The topological polar surface area (TPSA) is 84.7 Å². The van der Waals surface area contributed by atoms with E-state index in [1.165, 1.54) is 0 Å². The number of carbonyl (C=O) groups is 1. The Morgan fingerprint density at radius 3 is 2.81 bits per heavy atom. The number of anilines is 1. The molecule has 3 rings (SSSR count). The lowest BCUT2D eigenvalue weighted by atomic mass is 10.0. The molecule has 1 N–H and O–H groups in total. The van der Waals surface area contributed by atoms with E-state index in [9.17, 15) is 14.9 Å². The van der Waals surface area contributed by atoms with Crippen LogP contribution in [0.5, 0.6) is 0 Å². The van der Waals surface area contributed by atoms with Gasteiger partial charge in [0.05, 0.1) is 4.92 Å². The Kier molecular flexibility index (Phi) is 5.68. The first-order valence-corrected chi connectivity index (χ1v) is 8.60. The normalized spacial score (nSPS) is 13.0. The van der Waals surface area contributed by atoms with Crippen LogP contribution in [0.25, 0.3) is 0 Å². The Hall–Kier alpha value is -3.09. The van der Waals surface area contributed by atoms with E-state index in [0.717, 1.165) is 36.2 Å². The molecule has 0 radical (unpaired) electrons. The van der Waals surface area contributed by atoms with Gasteiger partial charge in [-0.2, -0.15) is 0 Å². The molecule has 7 nitrogen and oxygen atoms in total. The molecule has 0 fully saturated rings. The highest BCUT2D eigenvalue weighted by atomic mass is 16.6. The molecule has 136 valence electrons. The first-order valence-electron chi connectivity index (χ1n) is 8.60. The monoisotopic (exact) mass is 355 g/mol. The van der Waals surface area contributed by atoms with Gasteiger partial charge in [0.1, 0.15) is 6.61 Å². The highest BCUT2D eigenvalue weighted by Crippen LogP contribution is 2.30. The molecule has 1 aliphatic heterocycles. The number of nitro benzene ring substituents is 1. The van der Waals surface area contributed by atoms with Gasteiger partial charge >= 0.3 is 6.09 Å². The lowest BCUT2D eigenvalue weighted by Crippen LogP contribution is -2.37. The van der Waals surface area contributed by atoms with Crippen molar-refractivity contribution in [3.05, 3.63) is 69.8 Å². The van der Waals surface area contributed by atoms with Gasteiger partial charge in [-0.05, 0) is 24.0 Å². The standard InChI is InChI=1S/C19H21N3O4/c23-19(26-14-15-5-2-1-3-6-15)20-10-12-21-11-4-7-16-8-9-17(22(24)25)13-18(16)21/h1-3,5-6,8-9,13H,4,7,10-12,14H2,(H,20,23). The summed E-state index contributed by atoms with van der Waals surface area (Å²) in [6.45, 7) is 2.03. The molecule has 0 saturated heterocycles. The predicted octanol–water partition coefficient (Wildman–Crippen LogP) is 3.27. The summed E-state index contributed by atoms with van der Waals surface area (Å²) in [5.41, 5.74) is 3.00. The van der Waals surface area contributed by atoms with Crippen molar-refractivity contribution >= 4 is 17.5 Å². The van der Waals surface area contributed by atoms with Crippen molar-refractivity contribution in [1.29, 1.82) is 0 Å². The van der Waals surface area contributed by atoms with Crippen molar-refractivity contribution in [3.63, 3.8) is 0 Å². The lowest BCUT2D eigenvalue weighted by Gasteiger charge is -2.31. The van der Waals surface area contributed by atoms with Crippen molar-refractivity contribution in [2.24, 2.45) is 0 Å². The largest absolute Gasteiger partial charge is 0.445 e. The third kappa shape index (κ3) is 4.50. The number of benzene rings is 2. The summed E-state index contributed by atoms with van der Waals surface area (Å²) in [7, 11) is 0. The third-order valence-electron chi connectivity index (χ3n) is 4.36. The summed E-state index contributed by atoms with van der Waals surface area (Å²) < 4.78 is 5.18. The Morgan fingerprint density at radius 2 is 2.04 bits per heavy atom. The number of non-ortho nitro benzene ring substituents is 1. The van der Waals surface area contributed by atoms with E-state index >= 15 is 0 Å². The van der Waals surface area contributed by atoms with Crippen LogP contribution in [-0.4, -0.2) is 30.7 Å². The SMILES string of the molecule is O=C(NCCN1CCCc2ccc([N+](=O)[O-])cc21)OCc1ccccc1. The molecule has 0 bridgehead atoms. The molecule has 1 heterocycles. The molecule has 26 heavy (non-hydrogen) atoms. The molecule has 2 aromatic carbocycles. The second-order valence-electron chi connectivity index (χ2n) is 6.15. The fraction of sp³-hybridized carbons (Fsp3) is 0.316. The number of amides is 1. The van der Waals surface area contributed by atoms with E-state index in [0.29, 0.717) is 13.1 Å². The predicted molar refractivity (Wildman–Crippen MR) is 98.3 cm³/mol. The van der Waals surface area contributed by atoms with Gasteiger partial charge in [0.2, 0.25) is 0 Å². The number of hydrogen-bond donors (Lipinski definition) is 1. The molecule has 2 aromatic rings. The molecule has 1 aliphatic rings. The molecular formula is C19H21N3O4. The molecule has 0 unspecified atom stereocenters. The summed E-state index contributed by atoms with van der Waals surface area (Å²) in [5, 5.41) is 13.7. The molecule has 1 amide bonds. The number of nitro groups is 1. The molecule has 0 spiro atoms. The molecule has 7 heteroatoms. The smallest absolute Gasteiger partial charge is 0.407 e. The quantitative estimate of drug-likeness (QED) is 0.635. The van der Waals surface area contributed by atoms with Crippen molar-refractivity contribution in [3.8, 4) is 0 Å². The number of alkyl carbamates (subject to hydrolysis) is 1. The van der Waals surface area contributed by atoms with Crippen LogP contribution in [0, 0.1) is 10.1 Å². The van der Waals surface area contributed by atoms with Crippen LogP contribution in [0.1, 0.15) is 17.5 Å². The third-order valence-corrected chi connectivity index (χ3v) is 4.36. The molecule has 0 atom stereocenters. The summed E-state index contributed by atoms with van der Waals surface area (Å²) >= 11 is 0. The van der Waals surface area contributed by atoms with Crippen LogP contribution in [0.3, 0.4) is 0 Å². The number of nitrogens with one attached hydrogen (secondary N) is 1. The van der Waals surface area contributed by atoms with E-state index in [1.54, 1.807) is 12.1 Å². The van der Waals surface area contributed by atoms with E-state index in [-0.39, 0.29) is 17.2 Å². The summed E-state index contributed by atoms with van der Waals surface area (Å²) in [6, 6.07) is 14.5. The van der Waals surface area contributed by atoms with Crippen molar-refractivity contribution in [1.82, 2.24) is 5.32 Å². The minimum absolute atomic E-state index is 0.0888. The van der Waals surface area contributed by atoms with Crippen molar-refractivity contribution < 1.29 is 14.5 Å². The average Bonchev–Trinajstić information content (AvgIpc) is 2.67. The number of fused-ring (bicyclic) bond motifs is 1. The van der Waals surface area contributed by atoms with Crippen LogP contribution in [0.15, 0.2) is 48.5 Å². The number of aryl methyl sites for hydroxylation is 1. The molecule has 0 aromatic heterocycles. The van der Waals surface area contributed by atoms with Gasteiger partial charge in [-0.15, -0.1) is 0 Å². The first-order chi connectivity index (χ1) is 12.6. The Balaban J connectivity index is 1.50. The highest BCUT2D eigenvalue weighted by molar-refractivity contribution is 5.67. The van der Waals surface area contributed by atoms with Gasteiger partial charge in [-0.1, -0.05) is 36.4 Å². The molecule has 0 saturated carbocycles. The number of carbonyl (C=O) groups excluding carboxylic acids is 1. The van der Waals surface area contributed by atoms with E-state index < -0.39 is 6.09 Å². The van der Waals surface area contributed by atoms with Gasteiger partial charge in [0.25, 0.3) is 5.69 Å². The molecule has 0 aliphatic carbocycles. The fourth-order valence-corrected chi connectivity index (χ4v) is 3.05. The summed E-state index contributed by atoms with van der Waals surface area (Å²) in [5.74, 6) is 0. The van der Waals surface area contributed by atoms with Crippen molar-refractivity contribution in [2.75, 3.05) is 24.5 Å². The minimum atomic E-state index is -0.467. The number of ether oxygens (including phenoxy) is 1. The first kappa shape index (κ1) is 17.7. The van der Waals surface area contributed by atoms with Gasteiger partial charge < -0.3 is 15.0 Å². The maximum absolute atomic E-state index is 11.8. The van der Waals surface area contributed by atoms with E-state index in [2.05, 4.69) is 10.2 Å². The summed E-state index contributed by atoms with van der Waals surface area (Å²) in [4.78, 5) is 24.5. The molecular weight excluding hydrogens is 334 g/mol. The second kappa shape index (κ2) is 8.33. The zero-order valence-electron chi connectivity index (χ0n) is 14.4. The van der Waals surface area contributed by atoms with Gasteiger partial charge in [-0.25, -0.2) is 4.79 Å². The van der Waals surface area contributed by atoms with Crippen LogP contribution in [0.4, 0.5) is 16.2 Å². The zero-order valence-corrected chi connectivity index (χ0v) is 14.4.